The van der Waals surface area contributed by atoms with Gasteiger partial charge in [-0.1, -0.05) is 22.9 Å². The molecule has 4 nitrogen and oxygen atoms in total. The molecule has 0 N–H and O–H groups in total. The average molecular weight is 351 g/mol. The van der Waals surface area contributed by atoms with Crippen LogP contribution in [0.15, 0.2) is 22.7 Å². The Morgan fingerprint density at radius 3 is 2.81 bits per heavy atom. The average Bonchev–Trinajstić information content (AvgIpc) is 3.19. The van der Waals surface area contributed by atoms with Gasteiger partial charge in [0.15, 0.2) is 0 Å². The first-order valence-corrected chi connectivity index (χ1v) is 8.25. The predicted octanol–water partition coefficient (Wildman–Crippen LogP) is 3.80. The van der Waals surface area contributed by atoms with Crippen LogP contribution in [0.1, 0.15) is 38.9 Å². The maximum atomic E-state index is 12.3. The summed E-state index contributed by atoms with van der Waals surface area (Å²) < 4.78 is 8.46. The molecule has 1 saturated carbocycles. The smallest absolute Gasteiger partial charge is 0.319 e. The van der Waals surface area contributed by atoms with Crippen LogP contribution in [0.5, 0.6) is 0 Å². The van der Waals surface area contributed by atoms with E-state index in [1.165, 1.54) is 0 Å². The number of carbonyl (C=O) groups is 1. The Hall–Kier alpha value is -1.36. The van der Waals surface area contributed by atoms with E-state index in [1.54, 1.807) is 0 Å². The van der Waals surface area contributed by atoms with Gasteiger partial charge in [0.25, 0.3) is 0 Å². The molecule has 0 radical (unpaired) electrons. The van der Waals surface area contributed by atoms with E-state index in [4.69, 9.17) is 9.72 Å². The van der Waals surface area contributed by atoms with Crippen LogP contribution in [0.3, 0.4) is 0 Å². The van der Waals surface area contributed by atoms with Gasteiger partial charge in [-0.15, -0.1) is 0 Å². The number of ether oxygens (including phenoxy) is 1. The number of nitrogens with zero attached hydrogens (tertiary/aromatic N) is 2. The molecule has 1 heterocycles. The first-order valence-electron chi connectivity index (χ1n) is 7.46. The third-order valence-corrected chi connectivity index (χ3v) is 4.49. The van der Waals surface area contributed by atoms with Crippen LogP contribution in [0, 0.1) is 0 Å². The molecule has 0 unspecified atom stereocenters. The lowest BCUT2D eigenvalue weighted by Gasteiger charge is -2.15. The van der Waals surface area contributed by atoms with Crippen LogP contribution >= 0.6 is 15.9 Å². The number of carbonyl (C=O) groups excluding carboxylic acids is 1. The summed E-state index contributed by atoms with van der Waals surface area (Å²) in [7, 11) is 0. The number of aromatic nitrogens is 2. The van der Waals surface area contributed by atoms with Gasteiger partial charge in [0.1, 0.15) is 11.2 Å². The van der Waals surface area contributed by atoms with Crippen LogP contribution < -0.4 is 0 Å². The van der Waals surface area contributed by atoms with Crippen molar-refractivity contribution in [2.45, 2.75) is 45.1 Å². The van der Waals surface area contributed by atoms with Gasteiger partial charge in [0.2, 0.25) is 0 Å². The van der Waals surface area contributed by atoms with Crippen molar-refractivity contribution in [2.75, 3.05) is 6.61 Å². The van der Waals surface area contributed by atoms with Gasteiger partial charge < -0.3 is 9.30 Å². The highest BCUT2D eigenvalue weighted by atomic mass is 79.9. The molecule has 112 valence electrons. The Morgan fingerprint density at radius 1 is 1.43 bits per heavy atom. The third kappa shape index (κ3) is 2.37. The van der Waals surface area contributed by atoms with Crippen molar-refractivity contribution in [3.8, 4) is 0 Å². The normalized spacial score (nSPS) is 16.1. The zero-order valence-corrected chi connectivity index (χ0v) is 13.9. The lowest BCUT2D eigenvalue weighted by Crippen LogP contribution is -2.27. The molecule has 1 fully saturated rings. The van der Waals surface area contributed by atoms with Crippen molar-refractivity contribution < 1.29 is 9.53 Å². The highest BCUT2D eigenvalue weighted by Crippen LogP contribution is 2.49. The number of hydrogen-bond acceptors (Lipinski definition) is 3. The molecule has 0 amide bonds. The van der Waals surface area contributed by atoms with E-state index in [1.807, 2.05) is 19.1 Å². The topological polar surface area (TPSA) is 44.1 Å². The number of rotatable bonds is 5. The molecule has 1 aromatic heterocycles. The fraction of sp³-hybridized carbons (Fsp3) is 0.500. The lowest BCUT2D eigenvalue weighted by molar-refractivity contribution is -0.146. The van der Waals surface area contributed by atoms with E-state index in [-0.39, 0.29) is 5.97 Å². The predicted molar refractivity (Wildman–Crippen MR) is 85.3 cm³/mol. The largest absolute Gasteiger partial charge is 0.465 e. The zero-order valence-electron chi connectivity index (χ0n) is 12.4. The number of imidazole rings is 1. The molecule has 5 heteroatoms. The van der Waals surface area contributed by atoms with Crippen LogP contribution in [0.4, 0.5) is 0 Å². The summed E-state index contributed by atoms with van der Waals surface area (Å²) in [5.74, 6) is 0.743. The first kappa shape index (κ1) is 14.6. The second kappa shape index (κ2) is 5.44. The Labute approximate surface area is 132 Å². The SMILES string of the molecule is CCCn1c(C2(C(=O)OCC)CC2)nc2cc(Br)ccc21. The molecule has 21 heavy (non-hydrogen) atoms. The zero-order chi connectivity index (χ0) is 15.0. The standard InChI is InChI=1S/C16H19BrN2O2/c1-3-9-19-13-6-5-11(17)10-12(13)18-14(19)16(7-8-16)15(20)21-4-2/h5-6,10H,3-4,7-9H2,1-2H3. The van der Waals surface area contributed by atoms with E-state index < -0.39 is 5.41 Å². The molecular weight excluding hydrogens is 332 g/mol. The minimum absolute atomic E-state index is 0.128. The second-order valence-corrected chi connectivity index (χ2v) is 6.44. The van der Waals surface area contributed by atoms with E-state index in [0.29, 0.717) is 6.61 Å². The minimum atomic E-state index is -0.517. The molecule has 0 spiro atoms. The molecule has 1 aromatic carbocycles. The number of benzene rings is 1. The van der Waals surface area contributed by atoms with Gasteiger partial charge in [-0.05, 0) is 44.4 Å². The van der Waals surface area contributed by atoms with Gasteiger partial charge in [0, 0.05) is 11.0 Å². The quantitative estimate of drug-likeness (QED) is 0.770. The number of aryl methyl sites for hydroxylation is 1. The Bertz CT molecular complexity index is 689. The molecule has 0 aliphatic heterocycles. The third-order valence-electron chi connectivity index (χ3n) is 4.00. The number of esters is 1. The molecule has 2 aromatic rings. The molecule has 0 atom stereocenters. The van der Waals surface area contributed by atoms with Crippen LogP contribution in [0.25, 0.3) is 11.0 Å². The monoisotopic (exact) mass is 350 g/mol. The van der Waals surface area contributed by atoms with Gasteiger partial charge in [-0.3, -0.25) is 4.79 Å². The van der Waals surface area contributed by atoms with Gasteiger partial charge in [-0.25, -0.2) is 4.98 Å². The Morgan fingerprint density at radius 2 is 2.19 bits per heavy atom. The summed E-state index contributed by atoms with van der Waals surface area (Å²) >= 11 is 3.48. The van der Waals surface area contributed by atoms with Gasteiger partial charge >= 0.3 is 5.97 Å². The summed E-state index contributed by atoms with van der Waals surface area (Å²) in [5, 5.41) is 0. The minimum Gasteiger partial charge on any atom is -0.465 e. The van der Waals surface area contributed by atoms with E-state index in [2.05, 4.69) is 33.5 Å². The van der Waals surface area contributed by atoms with Crippen molar-refractivity contribution in [3.63, 3.8) is 0 Å². The fourth-order valence-electron chi connectivity index (χ4n) is 2.83. The van der Waals surface area contributed by atoms with Crippen LogP contribution in [0.2, 0.25) is 0 Å². The maximum Gasteiger partial charge on any atom is 0.319 e. The highest BCUT2D eigenvalue weighted by Gasteiger charge is 2.56. The van der Waals surface area contributed by atoms with Crippen molar-refractivity contribution in [1.82, 2.24) is 9.55 Å². The van der Waals surface area contributed by atoms with E-state index in [9.17, 15) is 4.79 Å². The Balaban J connectivity index is 2.13. The van der Waals surface area contributed by atoms with Crippen molar-refractivity contribution in [2.24, 2.45) is 0 Å². The van der Waals surface area contributed by atoms with Crippen LogP contribution in [-0.2, 0) is 21.5 Å². The molecular formula is C16H19BrN2O2. The molecule has 3 rings (SSSR count). The summed E-state index contributed by atoms with van der Waals surface area (Å²) in [5.41, 5.74) is 1.51. The number of hydrogen-bond donors (Lipinski definition) is 0. The maximum absolute atomic E-state index is 12.3. The number of fused-ring (bicyclic) bond motifs is 1. The molecule has 0 bridgehead atoms. The lowest BCUT2D eigenvalue weighted by atomic mass is 10.1. The van der Waals surface area contributed by atoms with Crippen molar-refractivity contribution in [3.05, 3.63) is 28.5 Å². The second-order valence-electron chi connectivity index (χ2n) is 5.52. The molecule has 1 aliphatic rings. The first-order chi connectivity index (χ1) is 10.1. The Kier molecular flexibility index (Phi) is 3.78. The van der Waals surface area contributed by atoms with Crippen LogP contribution in [-0.4, -0.2) is 22.1 Å². The summed E-state index contributed by atoms with van der Waals surface area (Å²) in [6, 6.07) is 6.09. The highest BCUT2D eigenvalue weighted by molar-refractivity contribution is 9.10. The fourth-order valence-corrected chi connectivity index (χ4v) is 3.18. The van der Waals surface area contributed by atoms with Gasteiger partial charge in [0.05, 0.1) is 17.6 Å². The van der Waals surface area contributed by atoms with Crippen molar-refractivity contribution in [1.29, 1.82) is 0 Å². The summed E-state index contributed by atoms with van der Waals surface area (Å²) in [6.45, 7) is 5.27. The summed E-state index contributed by atoms with van der Waals surface area (Å²) in [4.78, 5) is 17.1. The molecule has 0 saturated heterocycles. The van der Waals surface area contributed by atoms with Gasteiger partial charge in [-0.2, -0.15) is 0 Å². The van der Waals surface area contributed by atoms with E-state index >= 15 is 0 Å². The van der Waals surface area contributed by atoms with Crippen molar-refractivity contribution >= 4 is 32.9 Å². The number of halogens is 1. The van der Waals surface area contributed by atoms with E-state index in [0.717, 1.165) is 47.1 Å². The molecule has 1 aliphatic carbocycles. The summed E-state index contributed by atoms with van der Waals surface area (Å²) in [6.07, 6.45) is 2.67.